The molecule has 9 heteroatoms. The van der Waals surface area contributed by atoms with Gasteiger partial charge in [0, 0.05) is 18.5 Å². The quantitative estimate of drug-likeness (QED) is 0.282. The van der Waals surface area contributed by atoms with Crippen LogP contribution in [0.15, 0.2) is 39.5 Å². The van der Waals surface area contributed by atoms with Crippen molar-refractivity contribution in [1.29, 1.82) is 0 Å². The van der Waals surface area contributed by atoms with Gasteiger partial charge >= 0.3 is 0 Å². The zero-order chi connectivity index (χ0) is 15.8. The summed E-state index contributed by atoms with van der Waals surface area (Å²) >= 11 is 5.74. The fraction of sp³-hybridized carbons (Fsp3) is 0.167. The second-order valence-corrected chi connectivity index (χ2v) is 4.27. The third-order valence-corrected chi connectivity index (χ3v) is 2.52. The maximum absolute atomic E-state index is 11.9. The maximum Gasteiger partial charge on any atom is 0.274 e. The average Bonchev–Trinajstić information content (AvgIpc) is 2.46. The molecule has 0 aliphatic carbocycles. The first-order chi connectivity index (χ1) is 9.97. The van der Waals surface area contributed by atoms with Gasteiger partial charge in [0.15, 0.2) is 5.71 Å². The van der Waals surface area contributed by atoms with Gasteiger partial charge in [0.25, 0.3) is 5.91 Å². The number of nitrogens with one attached hydrogen (secondary N) is 1. The summed E-state index contributed by atoms with van der Waals surface area (Å²) in [4.78, 5) is 36.8. The summed E-state index contributed by atoms with van der Waals surface area (Å²) in [5, 5.41) is 8.52. The molecule has 0 aliphatic rings. The Labute approximate surface area is 125 Å². The molecule has 1 aromatic rings. The molecule has 21 heavy (non-hydrogen) atoms. The number of hydrogen-bond acceptors (Lipinski definition) is 5. The zero-order valence-corrected chi connectivity index (χ0v) is 11.8. The Hall–Kier alpha value is -2.61. The second kappa shape index (κ2) is 7.85. The molecule has 0 fully saturated rings. The van der Waals surface area contributed by atoms with E-state index in [1.165, 1.54) is 0 Å². The number of nitrogens with two attached hydrogens (primary N) is 1. The van der Waals surface area contributed by atoms with Crippen LogP contribution in [0.5, 0.6) is 0 Å². The van der Waals surface area contributed by atoms with Crippen LogP contribution < -0.4 is 11.2 Å². The van der Waals surface area contributed by atoms with Crippen molar-refractivity contribution in [1.82, 2.24) is 5.32 Å². The highest BCUT2D eigenvalue weighted by molar-refractivity contribution is 6.67. The lowest BCUT2D eigenvalue weighted by Gasteiger charge is -2.06. The highest BCUT2D eigenvalue weighted by atomic mass is 35.5. The number of hydrogen-bond donors (Lipinski definition) is 2. The molecule has 0 atom stereocenters. The summed E-state index contributed by atoms with van der Waals surface area (Å²) in [5.74, 6) is 2.80. The van der Waals surface area contributed by atoms with Crippen molar-refractivity contribution in [2.45, 2.75) is 13.5 Å². The van der Waals surface area contributed by atoms with Gasteiger partial charge in [-0.1, -0.05) is 23.7 Å². The van der Waals surface area contributed by atoms with Crippen molar-refractivity contribution in [3.8, 4) is 0 Å². The van der Waals surface area contributed by atoms with E-state index in [-0.39, 0.29) is 6.54 Å². The van der Waals surface area contributed by atoms with Crippen molar-refractivity contribution in [2.75, 3.05) is 0 Å². The average molecular weight is 310 g/mol. The number of amidine groups is 1. The largest absolute Gasteiger partial charge is 0.346 e. The summed E-state index contributed by atoms with van der Waals surface area (Å²) in [5.41, 5.74) is 0.231. The summed E-state index contributed by atoms with van der Waals surface area (Å²) in [7, 11) is 0. The first kappa shape index (κ1) is 16.4. The Balaban J connectivity index is 2.85. The third-order valence-electron chi connectivity index (χ3n) is 2.27. The number of aliphatic imine (C=N–C) groups is 1. The van der Waals surface area contributed by atoms with Crippen molar-refractivity contribution >= 4 is 35.0 Å². The van der Waals surface area contributed by atoms with E-state index in [1.54, 1.807) is 24.3 Å². The molecule has 0 heterocycles. The first-order valence-corrected chi connectivity index (χ1v) is 6.09. The van der Waals surface area contributed by atoms with E-state index in [9.17, 15) is 14.5 Å². The van der Waals surface area contributed by atoms with Gasteiger partial charge in [0.2, 0.25) is 11.7 Å². The number of nitroso groups, excluding NO2 is 1. The van der Waals surface area contributed by atoms with Crippen LogP contribution in [0.1, 0.15) is 12.5 Å². The van der Waals surface area contributed by atoms with Crippen molar-refractivity contribution < 1.29 is 9.59 Å². The molecule has 0 spiro atoms. The molecule has 0 unspecified atom stereocenters. The molecule has 2 amide bonds. The highest BCUT2D eigenvalue weighted by Crippen LogP contribution is 2.09. The van der Waals surface area contributed by atoms with Crippen LogP contribution in [-0.2, 0) is 16.1 Å². The van der Waals surface area contributed by atoms with E-state index in [2.05, 4.69) is 20.6 Å². The van der Waals surface area contributed by atoms with Crippen molar-refractivity contribution in [3.05, 3.63) is 39.8 Å². The van der Waals surface area contributed by atoms with Crippen LogP contribution >= 0.6 is 11.6 Å². The van der Waals surface area contributed by atoms with Crippen LogP contribution in [0, 0.1) is 4.91 Å². The predicted molar refractivity (Wildman–Crippen MR) is 78.8 cm³/mol. The van der Waals surface area contributed by atoms with Crippen LogP contribution in [0.25, 0.3) is 0 Å². The van der Waals surface area contributed by atoms with Gasteiger partial charge in [0.05, 0.1) is 0 Å². The number of rotatable bonds is 4. The first-order valence-electron chi connectivity index (χ1n) is 5.71. The minimum absolute atomic E-state index is 0.142. The van der Waals surface area contributed by atoms with E-state index in [4.69, 9.17) is 17.4 Å². The second-order valence-electron chi connectivity index (χ2n) is 3.83. The summed E-state index contributed by atoms with van der Waals surface area (Å²) in [6, 6.07) is 6.74. The fourth-order valence-corrected chi connectivity index (χ4v) is 1.48. The monoisotopic (exact) mass is 309 g/mol. The molecule has 0 aromatic heterocycles. The molecule has 1 aromatic carbocycles. The van der Waals surface area contributed by atoms with Crippen LogP contribution in [-0.4, -0.2) is 23.4 Å². The molecular formula is C12H12ClN5O3. The Morgan fingerprint density at radius 1 is 1.29 bits per heavy atom. The van der Waals surface area contributed by atoms with Gasteiger partial charge in [-0.15, -0.1) is 4.91 Å². The Morgan fingerprint density at radius 2 is 1.90 bits per heavy atom. The molecule has 0 saturated heterocycles. The van der Waals surface area contributed by atoms with Gasteiger partial charge in [-0.3, -0.25) is 9.59 Å². The van der Waals surface area contributed by atoms with Gasteiger partial charge in [-0.05, 0) is 22.9 Å². The van der Waals surface area contributed by atoms with Crippen LogP contribution in [0.4, 0.5) is 0 Å². The molecule has 3 N–H and O–H groups in total. The summed E-state index contributed by atoms with van der Waals surface area (Å²) < 4.78 is 0. The maximum atomic E-state index is 11.9. The van der Waals surface area contributed by atoms with E-state index < -0.39 is 23.4 Å². The number of hydrazone groups is 1. The number of amides is 2. The standard InChI is InChI=1S/C12H12ClN5O3/c1-7(19)16-10(11(17-14)18-21)12(20)15-6-8-2-4-9(13)5-3-8/h2-5H,6,14H2,1H3,(H,15,20). The normalized spacial score (nSPS) is 11.9. The van der Waals surface area contributed by atoms with Gasteiger partial charge in [-0.2, -0.15) is 5.10 Å². The van der Waals surface area contributed by atoms with Gasteiger partial charge in [-0.25, -0.2) is 4.99 Å². The lowest BCUT2D eigenvalue weighted by atomic mass is 10.2. The van der Waals surface area contributed by atoms with E-state index >= 15 is 0 Å². The van der Waals surface area contributed by atoms with Crippen LogP contribution in [0.3, 0.4) is 0 Å². The third kappa shape index (κ3) is 5.11. The molecule has 8 nitrogen and oxygen atoms in total. The van der Waals surface area contributed by atoms with Crippen LogP contribution in [0.2, 0.25) is 5.02 Å². The van der Waals surface area contributed by atoms with Gasteiger partial charge < -0.3 is 11.2 Å². The Kier molecular flexibility index (Phi) is 6.15. The van der Waals surface area contributed by atoms with Gasteiger partial charge in [0.1, 0.15) is 0 Å². The molecule has 1 rings (SSSR count). The SMILES string of the molecule is CC(=O)N=C(C(=O)NCc1ccc(Cl)cc1)C(N=O)=NN. The molecule has 0 radical (unpaired) electrons. The highest BCUT2D eigenvalue weighted by Gasteiger charge is 2.20. The van der Waals surface area contributed by atoms with E-state index in [1.807, 2.05) is 0 Å². The predicted octanol–water partition coefficient (Wildman–Crippen LogP) is 0.982. The zero-order valence-electron chi connectivity index (χ0n) is 11.0. The number of benzene rings is 1. The topological polar surface area (TPSA) is 126 Å². The fourth-order valence-electron chi connectivity index (χ4n) is 1.36. The van der Waals surface area contributed by atoms with E-state index in [0.717, 1.165) is 12.5 Å². The lowest BCUT2D eigenvalue weighted by Crippen LogP contribution is -2.36. The van der Waals surface area contributed by atoms with Crippen molar-refractivity contribution in [3.63, 3.8) is 0 Å². The Bertz CT molecular complexity index is 610. The number of carbonyl (C=O) groups is 2. The molecule has 110 valence electrons. The smallest absolute Gasteiger partial charge is 0.274 e. The molecule has 0 saturated carbocycles. The van der Waals surface area contributed by atoms with Crippen molar-refractivity contribution in [2.24, 2.45) is 21.1 Å². The Morgan fingerprint density at radius 3 is 2.38 bits per heavy atom. The lowest BCUT2D eigenvalue weighted by molar-refractivity contribution is -0.117. The molecular weight excluding hydrogens is 298 g/mol. The molecule has 0 bridgehead atoms. The minimum Gasteiger partial charge on any atom is -0.346 e. The van der Waals surface area contributed by atoms with E-state index in [0.29, 0.717) is 5.02 Å². The minimum atomic E-state index is -0.788. The number of nitrogens with zero attached hydrogens (tertiary/aromatic N) is 3. The number of carbonyl (C=O) groups excluding carboxylic acids is 2. The summed E-state index contributed by atoms with van der Waals surface area (Å²) in [6.45, 7) is 1.26. The number of halogens is 1. The summed E-state index contributed by atoms with van der Waals surface area (Å²) in [6.07, 6.45) is 0. The molecule has 0 aliphatic heterocycles.